The largest absolute Gasteiger partial charge is 0.388 e. The number of fused-ring (bicyclic) bond motifs is 1. The Balaban J connectivity index is 1.61. The van der Waals surface area contributed by atoms with Gasteiger partial charge < -0.3 is 10.4 Å². The zero-order valence-corrected chi connectivity index (χ0v) is 14.0. The number of rotatable bonds is 4. The molecule has 24 heavy (non-hydrogen) atoms. The van der Waals surface area contributed by atoms with E-state index in [0.717, 1.165) is 55.5 Å². The van der Waals surface area contributed by atoms with Gasteiger partial charge in [0.25, 0.3) is 5.91 Å². The molecule has 0 bridgehead atoms. The number of aliphatic hydroxyl groups is 1. The number of aryl methyl sites for hydroxylation is 1. The van der Waals surface area contributed by atoms with E-state index in [4.69, 9.17) is 0 Å². The maximum atomic E-state index is 12.6. The van der Waals surface area contributed by atoms with E-state index in [-0.39, 0.29) is 5.91 Å². The molecule has 1 amide bonds. The van der Waals surface area contributed by atoms with Gasteiger partial charge in [-0.1, -0.05) is 17.7 Å². The monoisotopic (exact) mass is 325 g/mol. The van der Waals surface area contributed by atoms with Crippen LogP contribution in [0.1, 0.15) is 53.0 Å². The first kappa shape index (κ1) is 15.4. The number of aromatic nitrogens is 2. The molecule has 126 valence electrons. The molecule has 2 aliphatic rings. The van der Waals surface area contributed by atoms with Gasteiger partial charge in [-0.15, -0.1) is 0 Å². The summed E-state index contributed by atoms with van der Waals surface area (Å²) in [6.07, 6.45) is 5.47. The molecule has 1 saturated carbocycles. The molecule has 1 heterocycles. The van der Waals surface area contributed by atoms with Gasteiger partial charge in [0, 0.05) is 17.8 Å². The van der Waals surface area contributed by atoms with Crippen molar-refractivity contribution in [3.8, 4) is 5.69 Å². The number of amides is 1. The van der Waals surface area contributed by atoms with Crippen molar-refractivity contribution in [2.24, 2.45) is 0 Å². The number of hydrogen-bond donors (Lipinski definition) is 2. The molecule has 0 saturated heterocycles. The van der Waals surface area contributed by atoms with Crippen LogP contribution in [-0.2, 0) is 12.8 Å². The second-order valence-corrected chi connectivity index (χ2v) is 7.14. The van der Waals surface area contributed by atoms with Crippen molar-refractivity contribution in [3.63, 3.8) is 0 Å². The van der Waals surface area contributed by atoms with Gasteiger partial charge in [-0.3, -0.25) is 4.79 Å². The molecule has 2 aromatic rings. The lowest BCUT2D eigenvalue weighted by atomic mass is 9.80. The fourth-order valence-electron chi connectivity index (χ4n) is 3.61. The smallest absolute Gasteiger partial charge is 0.272 e. The third-order valence-corrected chi connectivity index (χ3v) is 5.29. The summed E-state index contributed by atoms with van der Waals surface area (Å²) in [4.78, 5) is 12.6. The second-order valence-electron chi connectivity index (χ2n) is 7.14. The summed E-state index contributed by atoms with van der Waals surface area (Å²) >= 11 is 0. The standard InChI is InChI=1S/C19H23N3O2/c1-13-6-8-14(9-7-13)22-16-5-2-4-15(16)17(21-22)18(23)20-12-19(24)10-3-11-19/h6-9,24H,2-5,10-12H2,1H3,(H,20,23). The Morgan fingerprint density at radius 2 is 2.00 bits per heavy atom. The maximum Gasteiger partial charge on any atom is 0.272 e. The van der Waals surface area contributed by atoms with Crippen molar-refractivity contribution in [1.29, 1.82) is 0 Å². The van der Waals surface area contributed by atoms with Gasteiger partial charge in [0.2, 0.25) is 0 Å². The van der Waals surface area contributed by atoms with Crippen LogP contribution < -0.4 is 5.32 Å². The molecule has 5 heteroatoms. The quantitative estimate of drug-likeness (QED) is 0.906. The average molecular weight is 325 g/mol. The molecule has 2 aliphatic carbocycles. The van der Waals surface area contributed by atoms with Gasteiger partial charge >= 0.3 is 0 Å². The van der Waals surface area contributed by atoms with E-state index < -0.39 is 5.60 Å². The molecule has 1 aromatic carbocycles. The zero-order valence-electron chi connectivity index (χ0n) is 14.0. The van der Waals surface area contributed by atoms with Crippen LogP contribution in [0.4, 0.5) is 0 Å². The Bertz CT molecular complexity index is 773. The molecule has 0 atom stereocenters. The second kappa shape index (κ2) is 5.74. The Morgan fingerprint density at radius 1 is 1.25 bits per heavy atom. The lowest BCUT2D eigenvalue weighted by Gasteiger charge is -2.36. The fourth-order valence-corrected chi connectivity index (χ4v) is 3.61. The minimum absolute atomic E-state index is 0.167. The van der Waals surface area contributed by atoms with E-state index in [9.17, 15) is 9.90 Å². The van der Waals surface area contributed by atoms with E-state index in [1.54, 1.807) is 0 Å². The molecule has 0 radical (unpaired) electrons. The summed E-state index contributed by atoms with van der Waals surface area (Å²) < 4.78 is 1.91. The number of nitrogens with zero attached hydrogens (tertiary/aromatic N) is 2. The van der Waals surface area contributed by atoms with E-state index >= 15 is 0 Å². The van der Waals surface area contributed by atoms with Gasteiger partial charge in [-0.25, -0.2) is 4.68 Å². The lowest BCUT2D eigenvalue weighted by Crippen LogP contribution is -2.47. The van der Waals surface area contributed by atoms with Crippen LogP contribution in [0.5, 0.6) is 0 Å². The van der Waals surface area contributed by atoms with Crippen LogP contribution in [0.3, 0.4) is 0 Å². The van der Waals surface area contributed by atoms with E-state index in [2.05, 4.69) is 29.5 Å². The normalized spacial score (nSPS) is 18.1. The SMILES string of the molecule is Cc1ccc(-n2nc(C(=O)NCC3(O)CCC3)c3c2CCC3)cc1. The molecular formula is C19H23N3O2. The van der Waals surface area contributed by atoms with Crippen LogP contribution in [0.15, 0.2) is 24.3 Å². The van der Waals surface area contributed by atoms with Crippen molar-refractivity contribution in [2.45, 2.75) is 51.0 Å². The number of carbonyl (C=O) groups is 1. The van der Waals surface area contributed by atoms with Crippen LogP contribution in [0, 0.1) is 6.92 Å². The maximum absolute atomic E-state index is 12.6. The van der Waals surface area contributed by atoms with Crippen LogP contribution in [0.2, 0.25) is 0 Å². The van der Waals surface area contributed by atoms with Gasteiger partial charge in [-0.05, 0) is 57.6 Å². The van der Waals surface area contributed by atoms with Gasteiger partial charge in [0.15, 0.2) is 5.69 Å². The van der Waals surface area contributed by atoms with E-state index in [1.807, 2.05) is 16.8 Å². The van der Waals surface area contributed by atoms with E-state index in [1.165, 1.54) is 5.56 Å². The van der Waals surface area contributed by atoms with Gasteiger partial charge in [0.1, 0.15) is 0 Å². The Morgan fingerprint density at radius 3 is 2.67 bits per heavy atom. The highest BCUT2D eigenvalue weighted by molar-refractivity contribution is 5.94. The van der Waals surface area contributed by atoms with Crippen molar-refractivity contribution < 1.29 is 9.90 Å². The first-order valence-electron chi connectivity index (χ1n) is 8.74. The Kier molecular flexibility index (Phi) is 3.68. The lowest BCUT2D eigenvalue weighted by molar-refractivity contribution is -0.0300. The highest BCUT2D eigenvalue weighted by Crippen LogP contribution is 2.31. The van der Waals surface area contributed by atoms with Gasteiger partial charge in [0.05, 0.1) is 11.3 Å². The van der Waals surface area contributed by atoms with Crippen LogP contribution in [0.25, 0.3) is 5.69 Å². The molecule has 5 nitrogen and oxygen atoms in total. The van der Waals surface area contributed by atoms with E-state index in [0.29, 0.717) is 12.2 Å². The summed E-state index contributed by atoms with van der Waals surface area (Å²) in [5.74, 6) is -0.167. The molecule has 2 N–H and O–H groups in total. The highest BCUT2D eigenvalue weighted by atomic mass is 16.3. The summed E-state index contributed by atoms with van der Waals surface area (Å²) in [6, 6.07) is 8.20. The summed E-state index contributed by atoms with van der Waals surface area (Å²) in [5, 5.41) is 17.6. The van der Waals surface area contributed by atoms with Crippen molar-refractivity contribution in [1.82, 2.24) is 15.1 Å². The van der Waals surface area contributed by atoms with Crippen molar-refractivity contribution in [3.05, 3.63) is 46.8 Å². The molecule has 4 rings (SSSR count). The minimum Gasteiger partial charge on any atom is -0.388 e. The zero-order chi connectivity index (χ0) is 16.7. The molecule has 0 spiro atoms. The van der Waals surface area contributed by atoms with Crippen molar-refractivity contribution >= 4 is 5.91 Å². The summed E-state index contributed by atoms with van der Waals surface area (Å²) in [7, 11) is 0. The predicted octanol–water partition coefficient (Wildman–Crippen LogP) is 2.31. The molecule has 1 aromatic heterocycles. The molecular weight excluding hydrogens is 302 g/mol. The van der Waals surface area contributed by atoms with Gasteiger partial charge in [-0.2, -0.15) is 5.10 Å². The summed E-state index contributed by atoms with van der Waals surface area (Å²) in [5.41, 5.74) is 4.22. The number of carbonyl (C=O) groups excluding carboxylic acids is 1. The third-order valence-electron chi connectivity index (χ3n) is 5.29. The predicted molar refractivity (Wildman–Crippen MR) is 91.5 cm³/mol. The number of benzene rings is 1. The molecule has 0 aliphatic heterocycles. The minimum atomic E-state index is -0.710. The van der Waals surface area contributed by atoms with Crippen LogP contribution >= 0.6 is 0 Å². The first-order valence-corrected chi connectivity index (χ1v) is 8.74. The topological polar surface area (TPSA) is 67.2 Å². The molecule has 0 unspecified atom stereocenters. The first-order chi connectivity index (χ1) is 11.6. The number of nitrogens with one attached hydrogen (secondary N) is 1. The van der Waals surface area contributed by atoms with Crippen molar-refractivity contribution in [2.75, 3.05) is 6.54 Å². The summed E-state index contributed by atoms with van der Waals surface area (Å²) in [6.45, 7) is 2.37. The van der Waals surface area contributed by atoms with Crippen LogP contribution in [-0.4, -0.2) is 32.9 Å². The average Bonchev–Trinajstić information content (AvgIpc) is 3.14. The Hall–Kier alpha value is -2.14. The number of hydrogen-bond acceptors (Lipinski definition) is 3. The molecule has 1 fully saturated rings. The third kappa shape index (κ3) is 2.63. The Labute approximate surface area is 141 Å². The fraction of sp³-hybridized carbons (Fsp3) is 0.474. The highest BCUT2D eigenvalue weighted by Gasteiger charge is 2.35.